The lowest BCUT2D eigenvalue weighted by Gasteiger charge is -2.12. The van der Waals surface area contributed by atoms with E-state index >= 15 is 0 Å². The Morgan fingerprint density at radius 3 is 2.73 bits per heavy atom. The highest BCUT2D eigenvalue weighted by Crippen LogP contribution is 2.26. The summed E-state index contributed by atoms with van der Waals surface area (Å²) in [7, 11) is 0.150. The molecule has 30 heavy (non-hydrogen) atoms. The lowest BCUT2D eigenvalue weighted by atomic mass is 10.1. The molecule has 0 aliphatic carbocycles. The van der Waals surface area contributed by atoms with Crippen LogP contribution in [0.4, 0.5) is 10.1 Å². The molecule has 9 heteroatoms. The summed E-state index contributed by atoms with van der Waals surface area (Å²) in [6, 6.07) is 5.17. The molecule has 0 saturated heterocycles. The van der Waals surface area contributed by atoms with Crippen LogP contribution in [0.1, 0.15) is 41.9 Å². The molecular formula is C21H27FN4O3S. The summed E-state index contributed by atoms with van der Waals surface area (Å²) in [5.74, 6) is -1.10. The minimum absolute atomic E-state index is 0.143. The summed E-state index contributed by atoms with van der Waals surface area (Å²) in [6.45, 7) is 9.86. The van der Waals surface area contributed by atoms with Gasteiger partial charge in [0.2, 0.25) is 0 Å². The summed E-state index contributed by atoms with van der Waals surface area (Å²) >= 11 is 0. The van der Waals surface area contributed by atoms with Crippen LogP contribution in [0.25, 0.3) is 0 Å². The van der Waals surface area contributed by atoms with Gasteiger partial charge in [-0.3, -0.25) is 4.79 Å². The molecule has 0 bridgehead atoms. The number of benzene rings is 1. The number of halogens is 1. The van der Waals surface area contributed by atoms with Crippen LogP contribution in [0.5, 0.6) is 0 Å². The van der Waals surface area contributed by atoms with E-state index in [2.05, 4.69) is 23.2 Å². The van der Waals surface area contributed by atoms with Gasteiger partial charge in [-0.2, -0.15) is 5.26 Å². The van der Waals surface area contributed by atoms with Crippen molar-refractivity contribution in [2.45, 2.75) is 37.6 Å². The minimum atomic E-state index is -1.53. The Bertz CT molecular complexity index is 952. The van der Waals surface area contributed by atoms with E-state index in [1.807, 2.05) is 13.8 Å². The summed E-state index contributed by atoms with van der Waals surface area (Å²) < 4.78 is 30.3. The smallest absolute Gasteiger partial charge is 0.272 e. The molecule has 3 rings (SSSR count). The van der Waals surface area contributed by atoms with Crippen LogP contribution in [0, 0.1) is 17.1 Å². The van der Waals surface area contributed by atoms with Gasteiger partial charge < -0.3 is 15.0 Å². The van der Waals surface area contributed by atoms with Gasteiger partial charge >= 0.3 is 0 Å². The van der Waals surface area contributed by atoms with E-state index in [0.29, 0.717) is 34.7 Å². The molecule has 1 aliphatic rings. The number of nitrogens with zero attached hydrogens (tertiary/aromatic N) is 2. The fraction of sp³-hybridized carbons (Fsp3) is 0.333. The van der Waals surface area contributed by atoms with Crippen molar-refractivity contribution in [3.05, 3.63) is 60.2 Å². The molecule has 1 amide bonds. The summed E-state index contributed by atoms with van der Waals surface area (Å²) in [4.78, 5) is 13.3. The fourth-order valence-electron chi connectivity index (χ4n) is 2.95. The standard InChI is InChI=1S/C17H17FN4O3S.C2H6.C2H4/c1-22-8-15-13(4-2-12(9-23)21-26(15)25)16(22)17(24)20-11-3-5-14(18)10(6-11)7-19;2*1-2/h3,5-6,8,12,21,23H,2,4,9H2,1H3,(H,20,24);1-2H3;1-2H2. The van der Waals surface area contributed by atoms with Crippen molar-refractivity contribution in [2.75, 3.05) is 11.9 Å². The van der Waals surface area contributed by atoms with Crippen LogP contribution in [0.15, 0.2) is 42.4 Å². The van der Waals surface area contributed by atoms with Crippen LogP contribution in [-0.4, -0.2) is 32.4 Å². The lowest BCUT2D eigenvalue weighted by Crippen LogP contribution is -2.32. The van der Waals surface area contributed by atoms with Gasteiger partial charge in [-0.1, -0.05) is 13.8 Å². The average Bonchev–Trinajstić information content (AvgIpc) is 3.03. The number of aliphatic hydroxyl groups excluding tert-OH is 1. The van der Waals surface area contributed by atoms with Crippen LogP contribution >= 0.6 is 0 Å². The van der Waals surface area contributed by atoms with E-state index in [1.54, 1.807) is 23.9 Å². The first-order valence-corrected chi connectivity index (χ1v) is 10.6. The van der Waals surface area contributed by atoms with Gasteiger partial charge in [0, 0.05) is 30.5 Å². The average molecular weight is 435 g/mol. The second-order valence-corrected chi connectivity index (χ2v) is 7.21. The van der Waals surface area contributed by atoms with Crippen molar-refractivity contribution in [1.82, 2.24) is 9.29 Å². The molecule has 2 atom stereocenters. The number of hydrogen-bond acceptors (Lipinski definition) is 4. The highest BCUT2D eigenvalue weighted by molar-refractivity contribution is 7.83. The van der Waals surface area contributed by atoms with Gasteiger partial charge in [0.25, 0.3) is 5.91 Å². The number of fused-ring (bicyclic) bond motifs is 1. The van der Waals surface area contributed by atoms with E-state index in [0.717, 1.165) is 6.07 Å². The number of nitrogens with one attached hydrogen (secondary N) is 2. The van der Waals surface area contributed by atoms with Crippen LogP contribution < -0.4 is 10.0 Å². The highest BCUT2D eigenvalue weighted by atomic mass is 32.2. The van der Waals surface area contributed by atoms with Crippen LogP contribution in [0.2, 0.25) is 0 Å². The highest BCUT2D eigenvalue weighted by Gasteiger charge is 2.28. The van der Waals surface area contributed by atoms with Gasteiger partial charge in [0.05, 0.1) is 17.1 Å². The van der Waals surface area contributed by atoms with Gasteiger partial charge in [0.15, 0.2) is 0 Å². The number of hydrogen-bond donors (Lipinski definition) is 3. The molecule has 2 aromatic rings. The van der Waals surface area contributed by atoms with E-state index in [-0.39, 0.29) is 18.2 Å². The molecule has 0 saturated carbocycles. The molecule has 162 valence electrons. The first kappa shape index (κ1) is 25.2. The molecule has 2 unspecified atom stereocenters. The summed E-state index contributed by atoms with van der Waals surface area (Å²) in [5, 5.41) is 20.9. The quantitative estimate of drug-likeness (QED) is 0.646. The number of aliphatic hydroxyl groups is 1. The van der Waals surface area contributed by atoms with E-state index < -0.39 is 22.7 Å². The van der Waals surface area contributed by atoms with Crippen LogP contribution in [-0.2, 0) is 24.5 Å². The molecule has 2 heterocycles. The molecular weight excluding hydrogens is 407 g/mol. The molecule has 3 N–H and O–H groups in total. The number of amides is 1. The van der Waals surface area contributed by atoms with E-state index in [1.165, 1.54) is 12.1 Å². The minimum Gasteiger partial charge on any atom is -0.395 e. The first-order chi connectivity index (χ1) is 14.4. The molecule has 0 spiro atoms. The molecule has 1 aromatic heterocycles. The number of carbonyl (C=O) groups is 1. The number of aromatic nitrogens is 1. The maximum atomic E-state index is 13.4. The Kier molecular flexibility index (Phi) is 10.1. The Morgan fingerprint density at radius 1 is 1.47 bits per heavy atom. The van der Waals surface area contributed by atoms with Gasteiger partial charge in [-0.15, -0.1) is 13.2 Å². The van der Waals surface area contributed by atoms with Crippen molar-refractivity contribution < 1.29 is 18.5 Å². The molecule has 7 nitrogen and oxygen atoms in total. The summed E-state index contributed by atoms with van der Waals surface area (Å²) in [6.07, 6.45) is 2.64. The van der Waals surface area contributed by atoms with Crippen LogP contribution in [0.3, 0.4) is 0 Å². The maximum absolute atomic E-state index is 13.4. The largest absolute Gasteiger partial charge is 0.395 e. The zero-order chi connectivity index (χ0) is 22.8. The number of nitriles is 1. The number of carbonyl (C=O) groups excluding carboxylic acids is 1. The third kappa shape index (κ3) is 5.63. The second-order valence-electron chi connectivity index (χ2n) is 6.00. The third-order valence-corrected chi connectivity index (χ3v) is 5.54. The predicted octanol–water partition coefficient (Wildman–Crippen LogP) is 3.04. The zero-order valence-corrected chi connectivity index (χ0v) is 18.2. The number of aryl methyl sites for hydroxylation is 1. The van der Waals surface area contributed by atoms with Gasteiger partial charge in [-0.25, -0.2) is 13.3 Å². The van der Waals surface area contributed by atoms with Gasteiger partial charge in [-0.05, 0) is 31.0 Å². The maximum Gasteiger partial charge on any atom is 0.272 e. The molecule has 1 aromatic carbocycles. The Morgan fingerprint density at radius 2 is 2.13 bits per heavy atom. The van der Waals surface area contributed by atoms with Crippen molar-refractivity contribution in [2.24, 2.45) is 7.05 Å². The zero-order valence-electron chi connectivity index (χ0n) is 17.4. The normalized spacial score (nSPS) is 17.1. The predicted molar refractivity (Wildman–Crippen MR) is 116 cm³/mol. The third-order valence-electron chi connectivity index (χ3n) is 4.24. The van der Waals surface area contributed by atoms with Crippen molar-refractivity contribution in [1.29, 1.82) is 5.26 Å². The second kappa shape index (κ2) is 12.0. The Balaban J connectivity index is 0.00000106. The molecule has 1 aliphatic heterocycles. The fourth-order valence-corrected chi connectivity index (χ4v) is 4.24. The first-order valence-electron chi connectivity index (χ1n) is 9.42. The lowest BCUT2D eigenvalue weighted by molar-refractivity contribution is 0.101. The topological polar surface area (TPSA) is 107 Å². The van der Waals surface area contributed by atoms with Crippen molar-refractivity contribution >= 4 is 22.6 Å². The number of anilines is 1. The van der Waals surface area contributed by atoms with Gasteiger partial charge in [0.1, 0.15) is 28.6 Å². The number of rotatable bonds is 3. The SMILES string of the molecule is C=C.CC.Cn1cc2c(c1C(=O)Nc1ccc(F)c(C#N)c1)CCC(CO)NS2=O. The summed E-state index contributed by atoms with van der Waals surface area (Å²) in [5.41, 5.74) is 1.12. The van der Waals surface area contributed by atoms with E-state index in [4.69, 9.17) is 5.26 Å². The van der Waals surface area contributed by atoms with E-state index in [9.17, 15) is 18.5 Å². The Labute approximate surface area is 178 Å². The molecule has 0 fully saturated rings. The molecule has 0 radical (unpaired) electrons. The monoisotopic (exact) mass is 434 g/mol. The Hall–Kier alpha value is -2.80. The van der Waals surface area contributed by atoms with Crippen molar-refractivity contribution in [3.63, 3.8) is 0 Å². The van der Waals surface area contributed by atoms with Crippen molar-refractivity contribution in [3.8, 4) is 6.07 Å².